The number of likely N-dealkylation sites (tertiary alicyclic amines) is 1. The lowest BCUT2D eigenvalue weighted by molar-refractivity contribution is -0.121. The molecule has 2 aliphatic rings. The second-order valence-electron chi connectivity index (χ2n) is 6.97. The second-order valence-corrected chi connectivity index (χ2v) is 6.97. The first-order chi connectivity index (χ1) is 13.1. The Morgan fingerprint density at radius 2 is 1.89 bits per heavy atom. The Morgan fingerprint density at radius 3 is 2.63 bits per heavy atom. The van der Waals surface area contributed by atoms with E-state index in [1.54, 1.807) is 18.2 Å². The lowest BCUT2D eigenvalue weighted by Crippen LogP contribution is -2.44. The Hall–Kier alpha value is -2.32. The van der Waals surface area contributed by atoms with Crippen LogP contribution in [-0.4, -0.2) is 63.3 Å². The van der Waals surface area contributed by atoms with Crippen molar-refractivity contribution in [2.24, 2.45) is 5.92 Å². The average Bonchev–Trinajstić information content (AvgIpc) is 2.67. The predicted molar refractivity (Wildman–Crippen MR) is 102 cm³/mol. The SMILES string of the molecule is CNCCC1CCN(CC(=O)NC(=O)Nc2ccc3c(c2)OCCO3)CC1. The van der Waals surface area contributed by atoms with E-state index in [1.807, 2.05) is 7.05 Å². The minimum atomic E-state index is -0.541. The van der Waals surface area contributed by atoms with Crippen molar-refractivity contribution in [1.82, 2.24) is 15.5 Å². The smallest absolute Gasteiger partial charge is 0.325 e. The van der Waals surface area contributed by atoms with Crippen LogP contribution in [0, 0.1) is 5.92 Å². The first kappa shape index (κ1) is 19.4. The number of benzene rings is 1. The molecule has 3 rings (SSSR count). The topological polar surface area (TPSA) is 91.9 Å². The molecule has 1 aromatic carbocycles. The monoisotopic (exact) mass is 376 g/mol. The summed E-state index contributed by atoms with van der Waals surface area (Å²) in [7, 11) is 1.97. The third-order valence-electron chi connectivity index (χ3n) is 4.93. The molecule has 3 N–H and O–H groups in total. The number of amides is 3. The van der Waals surface area contributed by atoms with Crippen LogP contribution in [-0.2, 0) is 4.79 Å². The van der Waals surface area contributed by atoms with Crippen LogP contribution in [0.25, 0.3) is 0 Å². The summed E-state index contributed by atoms with van der Waals surface area (Å²) >= 11 is 0. The fraction of sp³-hybridized carbons (Fsp3) is 0.579. The zero-order valence-electron chi connectivity index (χ0n) is 15.8. The molecule has 2 heterocycles. The number of nitrogens with zero attached hydrogens (tertiary/aromatic N) is 1. The summed E-state index contributed by atoms with van der Waals surface area (Å²) in [5, 5.41) is 8.23. The maximum Gasteiger partial charge on any atom is 0.325 e. The van der Waals surface area contributed by atoms with Gasteiger partial charge in [-0.2, -0.15) is 0 Å². The maximum absolute atomic E-state index is 12.1. The number of rotatable bonds is 6. The number of urea groups is 1. The van der Waals surface area contributed by atoms with E-state index in [9.17, 15) is 9.59 Å². The molecular formula is C19H28N4O4. The molecule has 27 heavy (non-hydrogen) atoms. The summed E-state index contributed by atoms with van der Waals surface area (Å²) in [5.41, 5.74) is 0.551. The van der Waals surface area contributed by atoms with Gasteiger partial charge in [0.2, 0.25) is 5.91 Å². The summed E-state index contributed by atoms with van der Waals surface area (Å²) < 4.78 is 10.9. The molecule has 1 aromatic rings. The van der Waals surface area contributed by atoms with Gasteiger partial charge in [0.15, 0.2) is 11.5 Å². The Kier molecular flexibility index (Phi) is 6.89. The summed E-state index contributed by atoms with van der Waals surface area (Å²) in [5.74, 6) is 1.67. The Morgan fingerprint density at radius 1 is 1.15 bits per heavy atom. The number of piperidine rings is 1. The van der Waals surface area contributed by atoms with Crippen LogP contribution in [0.3, 0.4) is 0 Å². The van der Waals surface area contributed by atoms with E-state index in [4.69, 9.17) is 9.47 Å². The van der Waals surface area contributed by atoms with E-state index in [1.165, 1.54) is 6.42 Å². The van der Waals surface area contributed by atoms with Crippen LogP contribution in [0.5, 0.6) is 11.5 Å². The fourth-order valence-corrected chi connectivity index (χ4v) is 3.43. The summed E-state index contributed by atoms with van der Waals surface area (Å²) in [6.45, 7) is 4.06. The number of nitrogens with one attached hydrogen (secondary N) is 3. The number of fused-ring (bicyclic) bond motifs is 1. The van der Waals surface area contributed by atoms with Gasteiger partial charge in [-0.25, -0.2) is 4.79 Å². The van der Waals surface area contributed by atoms with Crippen molar-refractivity contribution in [2.45, 2.75) is 19.3 Å². The summed E-state index contributed by atoms with van der Waals surface area (Å²) in [4.78, 5) is 26.3. The van der Waals surface area contributed by atoms with Crippen LogP contribution < -0.4 is 25.4 Å². The molecule has 2 aliphatic heterocycles. The van der Waals surface area contributed by atoms with Crippen molar-refractivity contribution in [3.63, 3.8) is 0 Å². The maximum atomic E-state index is 12.1. The molecule has 0 bridgehead atoms. The third kappa shape index (κ3) is 5.83. The first-order valence-electron chi connectivity index (χ1n) is 9.51. The highest BCUT2D eigenvalue weighted by Gasteiger charge is 2.21. The standard InChI is InChI=1S/C19H28N4O4/c1-20-7-4-14-5-8-23(9-6-14)13-18(24)22-19(25)21-15-2-3-16-17(12-15)27-11-10-26-16/h2-3,12,14,20H,4-11,13H2,1H3,(H2,21,22,24,25). The number of imide groups is 1. The highest BCUT2D eigenvalue weighted by Crippen LogP contribution is 2.32. The van der Waals surface area contributed by atoms with Crippen molar-refractivity contribution in [1.29, 1.82) is 0 Å². The minimum absolute atomic E-state index is 0.243. The van der Waals surface area contributed by atoms with Gasteiger partial charge in [0.1, 0.15) is 13.2 Å². The number of anilines is 1. The average molecular weight is 376 g/mol. The molecule has 0 saturated carbocycles. The van der Waals surface area contributed by atoms with Gasteiger partial charge < -0.3 is 20.1 Å². The predicted octanol–water partition coefficient (Wildman–Crippen LogP) is 1.43. The minimum Gasteiger partial charge on any atom is -0.486 e. The van der Waals surface area contributed by atoms with Crippen molar-refractivity contribution in [3.05, 3.63) is 18.2 Å². The van der Waals surface area contributed by atoms with Gasteiger partial charge in [0.25, 0.3) is 0 Å². The van der Waals surface area contributed by atoms with Gasteiger partial charge in [-0.1, -0.05) is 0 Å². The highest BCUT2D eigenvalue weighted by molar-refractivity contribution is 6.01. The lowest BCUT2D eigenvalue weighted by Gasteiger charge is -2.31. The van der Waals surface area contributed by atoms with Crippen molar-refractivity contribution in [3.8, 4) is 11.5 Å². The number of hydrogen-bond donors (Lipinski definition) is 3. The molecule has 148 valence electrons. The van der Waals surface area contributed by atoms with Gasteiger partial charge >= 0.3 is 6.03 Å². The third-order valence-corrected chi connectivity index (χ3v) is 4.93. The normalized spacial score (nSPS) is 17.4. The largest absolute Gasteiger partial charge is 0.486 e. The first-order valence-corrected chi connectivity index (χ1v) is 9.51. The zero-order chi connectivity index (χ0) is 19.1. The molecule has 0 aliphatic carbocycles. The molecule has 3 amide bonds. The van der Waals surface area contributed by atoms with E-state index in [-0.39, 0.29) is 12.5 Å². The van der Waals surface area contributed by atoms with E-state index in [0.29, 0.717) is 30.4 Å². The Labute approximate surface area is 159 Å². The summed E-state index contributed by atoms with van der Waals surface area (Å²) in [6, 6.07) is 4.60. The molecule has 8 nitrogen and oxygen atoms in total. The molecule has 0 unspecified atom stereocenters. The van der Waals surface area contributed by atoms with Gasteiger partial charge in [0, 0.05) is 11.8 Å². The molecule has 0 aromatic heterocycles. The number of carbonyl (C=O) groups is 2. The van der Waals surface area contributed by atoms with Gasteiger partial charge in [0.05, 0.1) is 6.54 Å². The van der Waals surface area contributed by atoms with Gasteiger partial charge in [-0.3, -0.25) is 15.0 Å². The van der Waals surface area contributed by atoms with Crippen LogP contribution in [0.2, 0.25) is 0 Å². The molecule has 0 spiro atoms. The van der Waals surface area contributed by atoms with Crippen LogP contribution in [0.4, 0.5) is 10.5 Å². The summed E-state index contributed by atoms with van der Waals surface area (Å²) in [6.07, 6.45) is 3.37. The molecule has 0 radical (unpaired) electrons. The highest BCUT2D eigenvalue weighted by atomic mass is 16.6. The van der Waals surface area contributed by atoms with Gasteiger partial charge in [-0.05, 0) is 64.0 Å². The number of ether oxygens (including phenoxy) is 2. The molecular weight excluding hydrogens is 348 g/mol. The van der Waals surface area contributed by atoms with Gasteiger partial charge in [-0.15, -0.1) is 0 Å². The van der Waals surface area contributed by atoms with Crippen molar-refractivity contribution >= 4 is 17.6 Å². The zero-order valence-corrected chi connectivity index (χ0v) is 15.8. The van der Waals surface area contributed by atoms with Crippen LogP contribution in [0.15, 0.2) is 18.2 Å². The molecule has 1 fully saturated rings. The molecule has 8 heteroatoms. The fourth-order valence-electron chi connectivity index (χ4n) is 3.43. The van der Waals surface area contributed by atoms with E-state index < -0.39 is 6.03 Å². The number of hydrogen-bond acceptors (Lipinski definition) is 6. The van der Waals surface area contributed by atoms with E-state index in [2.05, 4.69) is 20.9 Å². The molecule has 0 atom stereocenters. The van der Waals surface area contributed by atoms with Crippen LogP contribution >= 0.6 is 0 Å². The Balaban J connectivity index is 1.40. The Bertz CT molecular complexity index is 659. The van der Waals surface area contributed by atoms with E-state index in [0.717, 1.165) is 38.4 Å². The lowest BCUT2D eigenvalue weighted by atomic mass is 9.93. The van der Waals surface area contributed by atoms with E-state index >= 15 is 0 Å². The quantitative estimate of drug-likeness (QED) is 0.696. The van der Waals surface area contributed by atoms with Crippen LogP contribution in [0.1, 0.15) is 19.3 Å². The number of carbonyl (C=O) groups excluding carboxylic acids is 2. The van der Waals surface area contributed by atoms with Crippen molar-refractivity contribution in [2.75, 3.05) is 51.8 Å². The van der Waals surface area contributed by atoms with Crippen molar-refractivity contribution < 1.29 is 19.1 Å². The molecule has 1 saturated heterocycles. The second kappa shape index (κ2) is 9.57.